The van der Waals surface area contributed by atoms with Gasteiger partial charge in [0.2, 0.25) is 0 Å². The monoisotopic (exact) mass is 350 g/mol. The second-order valence-corrected chi connectivity index (χ2v) is 10.6. The molecule has 0 radical (unpaired) electrons. The molecule has 148 valence electrons. The Balaban J connectivity index is 2.22. The summed E-state index contributed by atoms with van der Waals surface area (Å²) in [6.07, 6.45) is 16.5. The van der Waals surface area contributed by atoms with Crippen LogP contribution in [0.2, 0.25) is 0 Å². The first-order valence-electron chi connectivity index (χ1n) is 11.5. The Bertz CT molecular complexity index is 340. The van der Waals surface area contributed by atoms with Crippen LogP contribution in [0.5, 0.6) is 0 Å². The zero-order valence-corrected chi connectivity index (χ0v) is 18.2. The van der Waals surface area contributed by atoms with Crippen molar-refractivity contribution in [3.63, 3.8) is 0 Å². The van der Waals surface area contributed by atoms with Gasteiger partial charge in [0.15, 0.2) is 0 Å². The number of hydrogen-bond acceptors (Lipinski definition) is 1. The van der Waals surface area contributed by atoms with E-state index in [1.165, 1.54) is 77.0 Å². The Kier molecular flexibility index (Phi) is 7.86. The van der Waals surface area contributed by atoms with Gasteiger partial charge in [0.1, 0.15) is 0 Å². The number of rotatable bonds is 8. The molecule has 0 spiro atoms. The summed E-state index contributed by atoms with van der Waals surface area (Å²) in [6, 6.07) is 0. The molecule has 0 aromatic heterocycles. The van der Waals surface area contributed by atoms with Gasteiger partial charge in [0.05, 0.1) is 11.2 Å². The molecule has 2 aliphatic rings. The Morgan fingerprint density at radius 2 is 0.960 bits per heavy atom. The van der Waals surface area contributed by atoms with E-state index >= 15 is 0 Å². The van der Waals surface area contributed by atoms with Gasteiger partial charge in [-0.3, -0.25) is 0 Å². The average Bonchev–Trinajstić information content (AvgIpc) is 2.55. The molecule has 0 heterocycles. The van der Waals surface area contributed by atoms with Crippen LogP contribution < -0.4 is 0 Å². The molecule has 0 N–H and O–H groups in total. The second-order valence-electron chi connectivity index (χ2n) is 10.6. The molecule has 2 aliphatic carbocycles. The highest BCUT2D eigenvalue weighted by molar-refractivity contribution is 4.95. The molecule has 2 atom stereocenters. The largest absolute Gasteiger partial charge is 0.369 e. The average molecular weight is 351 g/mol. The summed E-state index contributed by atoms with van der Waals surface area (Å²) in [5, 5.41) is 0. The molecule has 2 rings (SSSR count). The van der Waals surface area contributed by atoms with E-state index in [-0.39, 0.29) is 11.2 Å². The van der Waals surface area contributed by atoms with E-state index in [4.69, 9.17) is 4.74 Å². The van der Waals surface area contributed by atoms with Crippen molar-refractivity contribution in [3.8, 4) is 0 Å². The van der Waals surface area contributed by atoms with Crippen LogP contribution in [0.4, 0.5) is 0 Å². The normalized spacial score (nSPS) is 25.9. The molecule has 0 aromatic carbocycles. The van der Waals surface area contributed by atoms with E-state index in [1.807, 2.05) is 0 Å². The van der Waals surface area contributed by atoms with Gasteiger partial charge in [0, 0.05) is 0 Å². The molecular formula is C24H46O. The Morgan fingerprint density at radius 1 is 0.640 bits per heavy atom. The summed E-state index contributed by atoms with van der Waals surface area (Å²) in [7, 11) is 0. The van der Waals surface area contributed by atoms with Gasteiger partial charge in [0.25, 0.3) is 0 Å². The maximum absolute atomic E-state index is 7.33. The summed E-state index contributed by atoms with van der Waals surface area (Å²) in [5.74, 6) is 2.95. The second kappa shape index (κ2) is 9.25. The molecule has 0 aromatic rings. The fourth-order valence-electron chi connectivity index (χ4n) is 6.16. The van der Waals surface area contributed by atoms with E-state index < -0.39 is 0 Å². The summed E-state index contributed by atoms with van der Waals surface area (Å²) < 4.78 is 7.33. The quantitative estimate of drug-likeness (QED) is 0.434. The summed E-state index contributed by atoms with van der Waals surface area (Å²) in [6.45, 7) is 14.5. The first-order valence-corrected chi connectivity index (χ1v) is 11.5. The lowest BCUT2D eigenvalue weighted by molar-refractivity contribution is -0.210. The minimum atomic E-state index is 0.0652. The molecule has 2 fully saturated rings. The van der Waals surface area contributed by atoms with Crippen molar-refractivity contribution in [2.45, 2.75) is 130 Å². The van der Waals surface area contributed by atoms with Crippen LogP contribution in [-0.4, -0.2) is 11.2 Å². The van der Waals surface area contributed by atoms with Crippen LogP contribution >= 0.6 is 0 Å². The fraction of sp³-hybridized carbons (Fsp3) is 1.00. The van der Waals surface area contributed by atoms with Gasteiger partial charge in [-0.2, -0.15) is 0 Å². The highest BCUT2D eigenvalue weighted by Crippen LogP contribution is 2.47. The number of ether oxygens (including phenoxy) is 1. The summed E-state index contributed by atoms with van der Waals surface area (Å²) >= 11 is 0. The van der Waals surface area contributed by atoms with Crippen LogP contribution in [0, 0.1) is 23.7 Å². The third kappa shape index (κ3) is 5.98. The number of hydrogen-bond donors (Lipinski definition) is 0. The third-order valence-electron chi connectivity index (χ3n) is 7.03. The van der Waals surface area contributed by atoms with E-state index in [0.717, 1.165) is 11.8 Å². The third-order valence-corrected chi connectivity index (χ3v) is 7.03. The highest BCUT2D eigenvalue weighted by atomic mass is 16.5. The van der Waals surface area contributed by atoms with Crippen molar-refractivity contribution in [2.75, 3.05) is 0 Å². The molecule has 0 saturated heterocycles. The predicted molar refractivity (Wildman–Crippen MR) is 110 cm³/mol. The van der Waals surface area contributed by atoms with Crippen molar-refractivity contribution in [1.29, 1.82) is 0 Å². The van der Waals surface area contributed by atoms with Gasteiger partial charge < -0.3 is 4.74 Å². The molecule has 1 nitrogen and oxygen atoms in total. The minimum Gasteiger partial charge on any atom is -0.369 e. The molecular weight excluding hydrogens is 304 g/mol. The van der Waals surface area contributed by atoms with Gasteiger partial charge in [-0.05, 0) is 76.0 Å². The topological polar surface area (TPSA) is 9.23 Å². The first kappa shape index (κ1) is 21.3. The lowest BCUT2D eigenvalue weighted by atomic mass is 9.70. The Morgan fingerprint density at radius 3 is 1.24 bits per heavy atom. The van der Waals surface area contributed by atoms with E-state index in [0.29, 0.717) is 11.8 Å². The van der Waals surface area contributed by atoms with Crippen molar-refractivity contribution < 1.29 is 4.74 Å². The molecule has 0 aliphatic heterocycles. The van der Waals surface area contributed by atoms with Crippen LogP contribution in [0.3, 0.4) is 0 Å². The van der Waals surface area contributed by atoms with Crippen molar-refractivity contribution in [3.05, 3.63) is 0 Å². The Hall–Kier alpha value is -0.0400. The van der Waals surface area contributed by atoms with Crippen LogP contribution in [0.25, 0.3) is 0 Å². The minimum absolute atomic E-state index is 0.0652. The molecule has 2 unspecified atom stereocenters. The molecule has 25 heavy (non-hydrogen) atoms. The standard InChI is InChI=1S/C24H46O/c1-19(2)17-23(5,21-13-9-7-10-14-21)25-24(6,18-20(3)4)22-15-11-8-12-16-22/h19-22H,7-18H2,1-6H3. The van der Waals surface area contributed by atoms with E-state index in [9.17, 15) is 0 Å². The van der Waals surface area contributed by atoms with Gasteiger partial charge >= 0.3 is 0 Å². The van der Waals surface area contributed by atoms with Crippen molar-refractivity contribution in [2.24, 2.45) is 23.7 Å². The van der Waals surface area contributed by atoms with Gasteiger partial charge in [-0.25, -0.2) is 0 Å². The first-order chi connectivity index (χ1) is 11.8. The summed E-state index contributed by atoms with van der Waals surface area (Å²) in [5.41, 5.74) is 0.130. The lowest BCUT2D eigenvalue weighted by Gasteiger charge is -2.51. The van der Waals surface area contributed by atoms with E-state index in [1.54, 1.807) is 0 Å². The fourth-order valence-corrected chi connectivity index (χ4v) is 6.16. The lowest BCUT2D eigenvalue weighted by Crippen LogP contribution is -2.51. The van der Waals surface area contributed by atoms with Crippen molar-refractivity contribution >= 4 is 0 Å². The molecule has 2 saturated carbocycles. The molecule has 1 heteroatoms. The Labute approximate surface area is 158 Å². The highest BCUT2D eigenvalue weighted by Gasteiger charge is 2.45. The van der Waals surface area contributed by atoms with E-state index in [2.05, 4.69) is 41.5 Å². The zero-order valence-electron chi connectivity index (χ0n) is 18.2. The maximum Gasteiger partial charge on any atom is 0.0692 e. The van der Waals surface area contributed by atoms with Crippen LogP contribution in [-0.2, 0) is 4.74 Å². The zero-order chi connectivity index (χ0) is 18.5. The SMILES string of the molecule is CC(C)CC(C)(OC(C)(CC(C)C)C1CCCCC1)C1CCCCC1. The smallest absolute Gasteiger partial charge is 0.0692 e. The maximum atomic E-state index is 7.33. The summed E-state index contributed by atoms with van der Waals surface area (Å²) in [4.78, 5) is 0. The molecule has 0 amide bonds. The van der Waals surface area contributed by atoms with Gasteiger partial charge in [-0.15, -0.1) is 0 Å². The van der Waals surface area contributed by atoms with Crippen molar-refractivity contribution in [1.82, 2.24) is 0 Å². The van der Waals surface area contributed by atoms with Crippen LogP contribution in [0.1, 0.15) is 119 Å². The molecule has 0 bridgehead atoms. The van der Waals surface area contributed by atoms with Gasteiger partial charge in [-0.1, -0.05) is 66.2 Å². The van der Waals surface area contributed by atoms with Crippen LogP contribution in [0.15, 0.2) is 0 Å². The predicted octanol–water partition coefficient (Wildman–Crippen LogP) is 7.77.